The number of nitrogens with one attached hydrogen (secondary N) is 1. The summed E-state index contributed by atoms with van der Waals surface area (Å²) in [7, 11) is 0. The fourth-order valence-corrected chi connectivity index (χ4v) is 3.75. The van der Waals surface area contributed by atoms with Gasteiger partial charge in [-0.15, -0.1) is 11.3 Å². The van der Waals surface area contributed by atoms with Gasteiger partial charge in [-0.2, -0.15) is 0 Å². The lowest BCUT2D eigenvalue weighted by Crippen LogP contribution is -2.26. The lowest BCUT2D eigenvalue weighted by Gasteiger charge is -2.05. The van der Waals surface area contributed by atoms with E-state index in [0.717, 1.165) is 10.0 Å². The number of aryl methyl sites for hydroxylation is 2. The molecule has 0 aromatic carbocycles. The molecular weight excluding hydrogens is 318 g/mol. The number of rotatable bonds is 4. The lowest BCUT2D eigenvalue weighted by atomic mass is 10.2. The number of aliphatic carboxylic acids is 1. The van der Waals surface area contributed by atoms with Gasteiger partial charge in [-0.25, -0.2) is 0 Å². The minimum atomic E-state index is -0.876. The predicted octanol–water partition coefficient (Wildman–Crippen LogP) is 2.46. The van der Waals surface area contributed by atoms with Gasteiger partial charge >= 0.3 is 5.97 Å². The fraction of sp³-hybridized carbons (Fsp3) is 0.500. The number of carbonyl (C=O) groups excluding carboxylic acids is 1. The average molecular weight is 332 g/mol. The van der Waals surface area contributed by atoms with Crippen LogP contribution in [0.15, 0.2) is 4.47 Å². The summed E-state index contributed by atoms with van der Waals surface area (Å²) < 4.78 is 1.04. The van der Waals surface area contributed by atoms with Crippen LogP contribution in [0.1, 0.15) is 21.7 Å². The molecule has 98 valence electrons. The maximum Gasteiger partial charge on any atom is 0.307 e. The van der Waals surface area contributed by atoms with Gasteiger partial charge in [0.15, 0.2) is 0 Å². The molecule has 1 aliphatic rings. The molecule has 1 heterocycles. The lowest BCUT2D eigenvalue weighted by molar-refractivity contribution is -0.140. The molecular formula is C12H14BrNO3S. The largest absolute Gasteiger partial charge is 0.481 e. The highest BCUT2D eigenvalue weighted by molar-refractivity contribution is 9.10. The van der Waals surface area contributed by atoms with E-state index in [4.69, 9.17) is 5.11 Å². The van der Waals surface area contributed by atoms with Crippen LogP contribution in [-0.4, -0.2) is 17.0 Å². The zero-order chi connectivity index (χ0) is 13.4. The van der Waals surface area contributed by atoms with Gasteiger partial charge in [-0.05, 0) is 41.8 Å². The molecule has 0 radical (unpaired) electrons. The highest BCUT2D eigenvalue weighted by Gasteiger charge is 2.48. The van der Waals surface area contributed by atoms with Crippen LogP contribution in [0.2, 0.25) is 0 Å². The molecule has 1 aliphatic carbocycles. The molecule has 1 amide bonds. The Morgan fingerprint density at radius 3 is 2.50 bits per heavy atom. The van der Waals surface area contributed by atoms with Crippen LogP contribution >= 0.6 is 27.3 Å². The van der Waals surface area contributed by atoms with Gasteiger partial charge in [0, 0.05) is 20.8 Å². The van der Waals surface area contributed by atoms with Crippen LogP contribution in [-0.2, 0) is 16.1 Å². The van der Waals surface area contributed by atoms with Crippen LogP contribution in [0, 0.1) is 25.7 Å². The molecule has 2 rings (SSSR count). The van der Waals surface area contributed by atoms with E-state index in [9.17, 15) is 9.59 Å². The third-order valence-electron chi connectivity index (χ3n) is 3.19. The molecule has 2 N–H and O–H groups in total. The second kappa shape index (κ2) is 5.01. The van der Waals surface area contributed by atoms with E-state index < -0.39 is 11.9 Å². The monoisotopic (exact) mass is 331 g/mol. The van der Waals surface area contributed by atoms with Gasteiger partial charge in [-0.3, -0.25) is 9.59 Å². The average Bonchev–Trinajstić information content (AvgIpc) is 3.04. The van der Waals surface area contributed by atoms with Gasteiger partial charge in [0.25, 0.3) is 0 Å². The number of amides is 1. The van der Waals surface area contributed by atoms with Crippen molar-refractivity contribution in [1.82, 2.24) is 5.32 Å². The van der Waals surface area contributed by atoms with Gasteiger partial charge in [0.1, 0.15) is 0 Å². The maximum atomic E-state index is 11.7. The van der Waals surface area contributed by atoms with E-state index >= 15 is 0 Å². The van der Waals surface area contributed by atoms with Crippen molar-refractivity contribution in [3.63, 3.8) is 0 Å². The molecule has 2 atom stereocenters. The first-order chi connectivity index (χ1) is 8.41. The van der Waals surface area contributed by atoms with E-state index in [0.29, 0.717) is 13.0 Å². The molecule has 1 saturated carbocycles. The Balaban J connectivity index is 1.93. The van der Waals surface area contributed by atoms with Gasteiger partial charge in [0.05, 0.1) is 11.8 Å². The molecule has 1 aromatic rings. The van der Waals surface area contributed by atoms with Crippen LogP contribution in [0.25, 0.3) is 0 Å². The van der Waals surface area contributed by atoms with Crippen LogP contribution in [0.4, 0.5) is 0 Å². The molecule has 18 heavy (non-hydrogen) atoms. The third-order valence-corrected chi connectivity index (χ3v) is 5.59. The molecule has 0 saturated heterocycles. The molecule has 1 fully saturated rings. The molecule has 0 aliphatic heterocycles. The van der Waals surface area contributed by atoms with Crippen molar-refractivity contribution in [2.75, 3.05) is 0 Å². The Morgan fingerprint density at radius 1 is 1.39 bits per heavy atom. The topological polar surface area (TPSA) is 66.4 Å². The summed E-state index contributed by atoms with van der Waals surface area (Å²) in [5.74, 6) is -1.86. The van der Waals surface area contributed by atoms with Crippen molar-refractivity contribution >= 4 is 39.1 Å². The number of carboxylic acid groups (broad SMARTS) is 1. The van der Waals surface area contributed by atoms with Crippen molar-refractivity contribution < 1.29 is 14.7 Å². The Kier molecular flexibility index (Phi) is 3.77. The third kappa shape index (κ3) is 2.59. The summed E-state index contributed by atoms with van der Waals surface area (Å²) in [6, 6.07) is 0. The summed E-state index contributed by atoms with van der Waals surface area (Å²) in [4.78, 5) is 24.8. The van der Waals surface area contributed by atoms with E-state index in [1.54, 1.807) is 11.3 Å². The maximum absolute atomic E-state index is 11.7. The SMILES string of the molecule is Cc1sc(C)c(CNC(=O)[C@@H]2C[C@H]2C(=O)O)c1Br. The van der Waals surface area contributed by atoms with Gasteiger partial charge < -0.3 is 10.4 Å². The Labute approximate surface area is 118 Å². The van der Waals surface area contributed by atoms with E-state index in [1.165, 1.54) is 9.75 Å². The summed E-state index contributed by atoms with van der Waals surface area (Å²) in [5.41, 5.74) is 1.08. The number of carboxylic acids is 1. The van der Waals surface area contributed by atoms with Crippen molar-refractivity contribution in [3.8, 4) is 0 Å². The van der Waals surface area contributed by atoms with Gasteiger partial charge in [-0.1, -0.05) is 0 Å². The molecule has 0 bridgehead atoms. The smallest absolute Gasteiger partial charge is 0.307 e. The minimum Gasteiger partial charge on any atom is -0.481 e. The first-order valence-corrected chi connectivity index (χ1v) is 7.27. The van der Waals surface area contributed by atoms with Crippen LogP contribution in [0.3, 0.4) is 0 Å². The first-order valence-electron chi connectivity index (χ1n) is 5.66. The predicted molar refractivity (Wildman–Crippen MR) is 72.6 cm³/mol. The molecule has 0 unspecified atom stereocenters. The summed E-state index contributed by atoms with van der Waals surface area (Å²) >= 11 is 5.19. The number of halogens is 1. The van der Waals surface area contributed by atoms with Crippen molar-refractivity contribution in [2.45, 2.75) is 26.8 Å². The summed E-state index contributed by atoms with van der Waals surface area (Å²) in [6.45, 7) is 4.49. The first kappa shape index (κ1) is 13.5. The summed E-state index contributed by atoms with van der Waals surface area (Å²) in [5, 5.41) is 11.6. The number of thiophene rings is 1. The second-order valence-electron chi connectivity index (χ2n) is 4.51. The number of carbonyl (C=O) groups is 2. The normalized spacial score (nSPS) is 21.7. The van der Waals surface area contributed by atoms with Gasteiger partial charge in [0.2, 0.25) is 5.91 Å². The zero-order valence-corrected chi connectivity index (χ0v) is 12.5. The van der Waals surface area contributed by atoms with Crippen molar-refractivity contribution in [2.24, 2.45) is 11.8 Å². The standard InChI is InChI=1S/C12H14BrNO3S/c1-5-9(10(13)6(2)18-5)4-14-11(15)7-3-8(7)12(16)17/h7-8H,3-4H2,1-2H3,(H,14,15)(H,16,17)/t7-,8-/m1/s1. The second-order valence-corrected chi connectivity index (χ2v) is 6.73. The molecule has 4 nitrogen and oxygen atoms in total. The van der Waals surface area contributed by atoms with E-state index in [-0.39, 0.29) is 11.8 Å². The summed E-state index contributed by atoms with van der Waals surface area (Å²) in [6.07, 6.45) is 0.462. The highest BCUT2D eigenvalue weighted by Crippen LogP contribution is 2.39. The minimum absolute atomic E-state index is 0.155. The van der Waals surface area contributed by atoms with E-state index in [2.05, 4.69) is 21.2 Å². The Bertz CT molecular complexity index is 512. The quantitative estimate of drug-likeness (QED) is 0.890. The van der Waals surface area contributed by atoms with Crippen LogP contribution < -0.4 is 5.32 Å². The number of hydrogen-bond donors (Lipinski definition) is 2. The number of hydrogen-bond acceptors (Lipinski definition) is 3. The fourth-order valence-electron chi connectivity index (χ4n) is 1.97. The van der Waals surface area contributed by atoms with Crippen molar-refractivity contribution in [3.05, 3.63) is 19.8 Å². The van der Waals surface area contributed by atoms with E-state index in [1.807, 2.05) is 13.8 Å². The van der Waals surface area contributed by atoms with Crippen molar-refractivity contribution in [1.29, 1.82) is 0 Å². The zero-order valence-electron chi connectivity index (χ0n) is 10.1. The Morgan fingerprint density at radius 2 is 2.06 bits per heavy atom. The molecule has 1 aromatic heterocycles. The molecule has 6 heteroatoms. The molecule has 0 spiro atoms. The Hall–Kier alpha value is -0.880. The highest BCUT2D eigenvalue weighted by atomic mass is 79.9. The van der Waals surface area contributed by atoms with Crippen LogP contribution in [0.5, 0.6) is 0 Å².